The van der Waals surface area contributed by atoms with Crippen molar-refractivity contribution >= 4 is 26.0 Å². The van der Waals surface area contributed by atoms with E-state index in [0.717, 1.165) is 15.4 Å². The molecule has 8 nitrogen and oxygen atoms in total. The van der Waals surface area contributed by atoms with Gasteiger partial charge in [-0.05, 0) is 37.0 Å². The van der Waals surface area contributed by atoms with Gasteiger partial charge >= 0.3 is 10.3 Å². The Morgan fingerprint density at radius 1 is 0.933 bits per heavy atom. The van der Waals surface area contributed by atoms with E-state index in [1.807, 2.05) is 6.07 Å². The molecule has 0 aromatic heterocycles. The van der Waals surface area contributed by atoms with Crippen LogP contribution in [0.4, 0.5) is 5.69 Å². The number of rotatable bonds is 13. The molecule has 30 heavy (non-hydrogen) atoms. The number of nitrogens with one attached hydrogen (secondary N) is 1. The van der Waals surface area contributed by atoms with Crippen molar-refractivity contribution in [1.29, 1.82) is 0 Å². The van der Waals surface area contributed by atoms with Gasteiger partial charge in [-0.15, -0.1) is 0 Å². The van der Waals surface area contributed by atoms with Crippen molar-refractivity contribution < 1.29 is 26.1 Å². The van der Waals surface area contributed by atoms with Crippen LogP contribution in [0, 0.1) is 6.92 Å². The Hall–Kier alpha value is -1.98. The fourth-order valence-corrected chi connectivity index (χ4v) is 4.86. The van der Waals surface area contributed by atoms with E-state index in [9.17, 15) is 21.4 Å². The Morgan fingerprint density at radius 2 is 1.57 bits per heavy atom. The number of sulfonamides is 1. The Balaban J connectivity index is 1.67. The number of ether oxygens (including phenoxy) is 1. The number of benzene rings is 2. The zero-order chi connectivity index (χ0) is 22.0. The summed E-state index contributed by atoms with van der Waals surface area (Å²) in [5, 5.41) is 0. The third kappa shape index (κ3) is 8.41. The number of hydrogen-bond donors (Lipinski definition) is 2. The summed E-state index contributed by atoms with van der Waals surface area (Å²) in [7, 11) is -7.78. The van der Waals surface area contributed by atoms with Crippen molar-refractivity contribution in [2.45, 2.75) is 25.5 Å². The molecule has 0 heterocycles. The van der Waals surface area contributed by atoms with Crippen molar-refractivity contribution in [1.82, 2.24) is 4.72 Å². The van der Waals surface area contributed by atoms with E-state index < -0.39 is 20.3 Å². The molecule has 0 aliphatic rings. The Morgan fingerprint density at radius 3 is 2.23 bits per heavy atom. The second kappa shape index (κ2) is 11.4. The quantitative estimate of drug-likeness (QED) is 0.354. The fourth-order valence-electron chi connectivity index (χ4n) is 2.86. The molecular weight excluding hydrogens is 428 g/mol. The minimum atomic E-state index is -4.38. The first kappa shape index (κ1) is 24.3. The van der Waals surface area contributed by atoms with E-state index in [1.165, 1.54) is 0 Å². The largest absolute Gasteiger partial charge is 0.381 e. The molecule has 0 fully saturated rings. The number of nitrogens with zero attached hydrogens (tertiary/aromatic N) is 1. The lowest BCUT2D eigenvalue weighted by Gasteiger charge is -2.22. The van der Waals surface area contributed by atoms with Crippen LogP contribution in [-0.2, 0) is 30.8 Å². The van der Waals surface area contributed by atoms with Crippen molar-refractivity contribution in [3.8, 4) is 0 Å². The third-order valence-corrected chi connectivity index (χ3v) is 6.59. The van der Waals surface area contributed by atoms with Gasteiger partial charge in [0, 0.05) is 26.3 Å². The van der Waals surface area contributed by atoms with Gasteiger partial charge in [0.05, 0.1) is 11.4 Å². The van der Waals surface area contributed by atoms with Crippen LogP contribution in [-0.4, -0.2) is 47.7 Å². The lowest BCUT2D eigenvalue weighted by atomic mass is 10.2. The molecule has 0 aliphatic carbocycles. The summed E-state index contributed by atoms with van der Waals surface area (Å²) in [6.45, 7) is 2.73. The molecule has 0 radical (unpaired) electrons. The topological polar surface area (TPSA) is 113 Å². The Kier molecular flexibility index (Phi) is 9.25. The summed E-state index contributed by atoms with van der Waals surface area (Å²) in [5.41, 5.74) is 1.88. The normalized spacial score (nSPS) is 12.1. The molecule has 0 saturated carbocycles. The molecule has 166 valence electrons. The van der Waals surface area contributed by atoms with Crippen molar-refractivity contribution in [3.05, 3.63) is 65.7 Å². The van der Waals surface area contributed by atoms with Crippen LogP contribution in [0.2, 0.25) is 0 Å². The van der Waals surface area contributed by atoms with Crippen LogP contribution in [0.3, 0.4) is 0 Å². The maximum atomic E-state index is 12.0. The summed E-state index contributed by atoms with van der Waals surface area (Å²) in [4.78, 5) is 0. The predicted octanol–water partition coefficient (Wildman–Crippen LogP) is 2.52. The highest BCUT2D eigenvalue weighted by molar-refractivity contribution is 7.88. The van der Waals surface area contributed by atoms with E-state index in [2.05, 4.69) is 4.72 Å². The first-order valence-electron chi connectivity index (χ1n) is 9.59. The summed E-state index contributed by atoms with van der Waals surface area (Å²) in [6, 6.07) is 15.8. The van der Waals surface area contributed by atoms with E-state index in [4.69, 9.17) is 4.74 Å². The van der Waals surface area contributed by atoms with Gasteiger partial charge in [-0.3, -0.25) is 4.55 Å². The van der Waals surface area contributed by atoms with E-state index >= 15 is 0 Å². The number of aryl methyl sites for hydroxylation is 1. The van der Waals surface area contributed by atoms with Crippen LogP contribution in [0.15, 0.2) is 54.6 Å². The van der Waals surface area contributed by atoms with Crippen LogP contribution in [0.25, 0.3) is 0 Å². The smallest absolute Gasteiger partial charge is 0.359 e. The lowest BCUT2D eigenvalue weighted by molar-refractivity contribution is 0.132. The molecule has 2 rings (SSSR count). The lowest BCUT2D eigenvalue weighted by Crippen LogP contribution is -2.32. The highest BCUT2D eigenvalue weighted by Crippen LogP contribution is 2.22. The first-order valence-corrected chi connectivity index (χ1v) is 12.6. The second-order valence-electron chi connectivity index (χ2n) is 6.79. The number of anilines is 1. The summed E-state index contributed by atoms with van der Waals surface area (Å²) >= 11 is 0. The molecule has 0 aliphatic heterocycles. The molecule has 2 aromatic carbocycles. The van der Waals surface area contributed by atoms with E-state index in [-0.39, 0.29) is 25.4 Å². The third-order valence-electron chi connectivity index (χ3n) is 4.30. The van der Waals surface area contributed by atoms with Crippen molar-refractivity contribution in [3.63, 3.8) is 0 Å². The molecular formula is C20H28N2O6S2. The average molecular weight is 457 g/mol. The highest BCUT2D eigenvalue weighted by atomic mass is 32.2. The molecule has 10 heteroatoms. The maximum absolute atomic E-state index is 12.0. The Bertz CT molecular complexity index is 995. The molecule has 0 spiro atoms. The standard InChI is InChI=1S/C20H28N2O6S2/c1-18-9-5-6-12-20(18)22(30(25,26)27)14-8-16-28-15-7-13-21-29(23,24)17-19-10-3-2-4-11-19/h2-6,9-12,21H,7-8,13-17H2,1H3,(H,25,26,27). The van der Waals surface area contributed by atoms with E-state index in [1.54, 1.807) is 55.5 Å². The molecule has 0 atom stereocenters. The zero-order valence-corrected chi connectivity index (χ0v) is 18.5. The SMILES string of the molecule is Cc1ccccc1N(CCCOCCCNS(=O)(=O)Cc1ccccc1)S(=O)(=O)O. The molecule has 2 aromatic rings. The minimum absolute atomic E-state index is 0.0704. The van der Waals surface area contributed by atoms with Gasteiger partial charge in [-0.1, -0.05) is 48.5 Å². The zero-order valence-electron chi connectivity index (χ0n) is 16.9. The maximum Gasteiger partial charge on any atom is 0.359 e. The number of para-hydroxylation sites is 1. The first-order chi connectivity index (χ1) is 14.2. The Labute approximate surface area is 178 Å². The van der Waals surface area contributed by atoms with Crippen LogP contribution in [0.1, 0.15) is 24.0 Å². The molecule has 0 saturated heterocycles. The van der Waals surface area contributed by atoms with Crippen molar-refractivity contribution in [2.75, 3.05) is 30.6 Å². The van der Waals surface area contributed by atoms with Crippen LogP contribution >= 0.6 is 0 Å². The van der Waals surface area contributed by atoms with Gasteiger partial charge in [-0.2, -0.15) is 8.42 Å². The highest BCUT2D eigenvalue weighted by Gasteiger charge is 2.20. The minimum Gasteiger partial charge on any atom is -0.381 e. The fraction of sp³-hybridized carbons (Fsp3) is 0.400. The summed E-state index contributed by atoms with van der Waals surface area (Å²) < 4.78 is 65.9. The van der Waals surface area contributed by atoms with Crippen molar-refractivity contribution in [2.24, 2.45) is 0 Å². The van der Waals surface area contributed by atoms with E-state index in [0.29, 0.717) is 25.1 Å². The average Bonchev–Trinajstić information content (AvgIpc) is 2.67. The molecule has 0 unspecified atom stereocenters. The van der Waals surface area contributed by atoms with Crippen LogP contribution < -0.4 is 9.03 Å². The monoisotopic (exact) mass is 456 g/mol. The van der Waals surface area contributed by atoms with Crippen LogP contribution in [0.5, 0.6) is 0 Å². The second-order valence-corrected chi connectivity index (χ2v) is 9.94. The molecule has 2 N–H and O–H groups in total. The van der Waals surface area contributed by atoms with Gasteiger partial charge in [0.1, 0.15) is 0 Å². The summed E-state index contributed by atoms with van der Waals surface area (Å²) in [5.74, 6) is -0.0704. The van der Waals surface area contributed by atoms with Gasteiger partial charge in [0.25, 0.3) is 0 Å². The number of hydrogen-bond acceptors (Lipinski definition) is 5. The van der Waals surface area contributed by atoms with Gasteiger partial charge in [-0.25, -0.2) is 17.4 Å². The van der Waals surface area contributed by atoms with Gasteiger partial charge < -0.3 is 4.74 Å². The molecule has 0 bridgehead atoms. The summed E-state index contributed by atoms with van der Waals surface area (Å²) in [6.07, 6.45) is 0.877. The van der Waals surface area contributed by atoms with Gasteiger partial charge in [0.15, 0.2) is 0 Å². The predicted molar refractivity (Wildman–Crippen MR) is 117 cm³/mol. The molecule has 0 amide bonds. The van der Waals surface area contributed by atoms with Gasteiger partial charge in [0.2, 0.25) is 10.0 Å².